The van der Waals surface area contributed by atoms with Crippen molar-refractivity contribution in [1.29, 1.82) is 0 Å². The van der Waals surface area contributed by atoms with Crippen LogP contribution >= 0.6 is 11.6 Å². The molecule has 0 unspecified atom stereocenters. The van der Waals surface area contributed by atoms with E-state index in [0.717, 1.165) is 16.5 Å². The lowest BCUT2D eigenvalue weighted by Crippen LogP contribution is -2.36. The van der Waals surface area contributed by atoms with Gasteiger partial charge in [-0.05, 0) is 35.9 Å². The third-order valence-corrected chi connectivity index (χ3v) is 4.63. The molecule has 0 aliphatic rings. The number of hydrogen-bond acceptors (Lipinski definition) is 2. The number of aromatic amines is 1. The topological polar surface area (TPSA) is 54.1 Å². The van der Waals surface area contributed by atoms with Crippen LogP contribution in [0.5, 0.6) is 5.75 Å². The Bertz CT molecular complexity index is 915. The summed E-state index contributed by atoms with van der Waals surface area (Å²) in [6.45, 7) is 4.73. The second-order valence-corrected chi connectivity index (χ2v) is 7.13. The van der Waals surface area contributed by atoms with Gasteiger partial charge in [0.05, 0.1) is 7.11 Å². The summed E-state index contributed by atoms with van der Waals surface area (Å²) < 4.78 is 5.17. The summed E-state index contributed by atoms with van der Waals surface area (Å²) >= 11 is 6.05. The van der Waals surface area contributed by atoms with Crippen molar-refractivity contribution in [1.82, 2.24) is 10.3 Å². The highest BCUT2D eigenvalue weighted by Crippen LogP contribution is 2.31. The van der Waals surface area contributed by atoms with Gasteiger partial charge in [0.25, 0.3) is 5.91 Å². The molecule has 0 bridgehead atoms. The monoisotopic (exact) mass is 356 g/mol. The fourth-order valence-corrected chi connectivity index (χ4v) is 3.09. The molecule has 3 aromatic rings. The van der Waals surface area contributed by atoms with Crippen molar-refractivity contribution in [2.75, 3.05) is 13.7 Å². The number of amides is 1. The smallest absolute Gasteiger partial charge is 0.251 e. The molecule has 130 valence electrons. The van der Waals surface area contributed by atoms with E-state index in [0.29, 0.717) is 22.9 Å². The van der Waals surface area contributed by atoms with E-state index in [1.54, 1.807) is 19.2 Å². The molecule has 0 saturated heterocycles. The van der Waals surface area contributed by atoms with Gasteiger partial charge in [0.2, 0.25) is 0 Å². The van der Waals surface area contributed by atoms with E-state index in [-0.39, 0.29) is 11.3 Å². The highest BCUT2D eigenvalue weighted by Gasteiger charge is 2.25. The largest absolute Gasteiger partial charge is 0.497 e. The summed E-state index contributed by atoms with van der Waals surface area (Å²) in [5.74, 6) is 0.551. The maximum Gasteiger partial charge on any atom is 0.251 e. The zero-order chi connectivity index (χ0) is 18.0. The van der Waals surface area contributed by atoms with Crippen LogP contribution in [0.25, 0.3) is 10.9 Å². The second kappa shape index (κ2) is 6.81. The minimum atomic E-state index is -0.236. The molecule has 1 amide bonds. The molecule has 0 spiro atoms. The molecule has 1 aromatic heterocycles. The number of nitrogens with one attached hydrogen (secondary N) is 2. The molecule has 0 radical (unpaired) electrons. The number of H-pyrrole nitrogens is 1. The predicted molar refractivity (Wildman–Crippen MR) is 102 cm³/mol. The first-order valence-electron chi connectivity index (χ1n) is 8.10. The first-order chi connectivity index (χ1) is 11.9. The number of rotatable bonds is 5. The molecule has 4 nitrogen and oxygen atoms in total. The molecule has 3 rings (SSSR count). The summed E-state index contributed by atoms with van der Waals surface area (Å²) in [7, 11) is 1.59. The molecule has 0 aliphatic carbocycles. The van der Waals surface area contributed by atoms with Crippen LogP contribution in [-0.2, 0) is 5.41 Å². The van der Waals surface area contributed by atoms with Crippen molar-refractivity contribution in [3.05, 3.63) is 64.8 Å². The number of halogens is 1. The van der Waals surface area contributed by atoms with Gasteiger partial charge in [-0.1, -0.05) is 37.6 Å². The Balaban J connectivity index is 1.77. The number of ether oxygens (including phenoxy) is 1. The Kier molecular flexibility index (Phi) is 4.73. The van der Waals surface area contributed by atoms with Crippen LogP contribution in [0, 0.1) is 0 Å². The molecule has 2 N–H and O–H groups in total. The SMILES string of the molecule is COc1cccc(C(=O)NCC(C)(C)c2c[nH]c3cc(Cl)ccc23)c1. The third-order valence-electron chi connectivity index (χ3n) is 4.40. The lowest BCUT2D eigenvalue weighted by molar-refractivity contribution is 0.0945. The maximum atomic E-state index is 12.4. The van der Waals surface area contributed by atoms with Gasteiger partial charge in [0.1, 0.15) is 5.75 Å². The van der Waals surface area contributed by atoms with Gasteiger partial charge in [0, 0.05) is 39.6 Å². The van der Waals surface area contributed by atoms with E-state index in [2.05, 4.69) is 24.1 Å². The quantitative estimate of drug-likeness (QED) is 0.705. The average molecular weight is 357 g/mol. The Morgan fingerprint density at radius 2 is 2.04 bits per heavy atom. The highest BCUT2D eigenvalue weighted by atomic mass is 35.5. The van der Waals surface area contributed by atoms with Gasteiger partial charge in [-0.2, -0.15) is 0 Å². The summed E-state index contributed by atoms with van der Waals surface area (Å²) in [4.78, 5) is 15.7. The molecule has 25 heavy (non-hydrogen) atoms. The molecule has 2 aromatic carbocycles. The van der Waals surface area contributed by atoms with Gasteiger partial charge in [-0.25, -0.2) is 0 Å². The van der Waals surface area contributed by atoms with E-state index >= 15 is 0 Å². The summed E-state index contributed by atoms with van der Waals surface area (Å²) in [5, 5.41) is 4.84. The van der Waals surface area contributed by atoms with Crippen LogP contribution in [0.3, 0.4) is 0 Å². The standard InChI is InChI=1S/C20H21ClN2O2/c1-20(2,17-11-22-18-10-14(21)7-8-16(17)18)12-23-19(24)13-5-4-6-15(9-13)25-3/h4-11,22H,12H2,1-3H3,(H,23,24). The fraction of sp³-hybridized carbons (Fsp3) is 0.250. The number of fused-ring (bicyclic) bond motifs is 1. The highest BCUT2D eigenvalue weighted by molar-refractivity contribution is 6.31. The van der Waals surface area contributed by atoms with Crippen LogP contribution in [-0.4, -0.2) is 24.5 Å². The Hall–Kier alpha value is -2.46. The molecule has 0 fully saturated rings. The first-order valence-corrected chi connectivity index (χ1v) is 8.48. The van der Waals surface area contributed by atoms with Gasteiger partial charge in [-0.15, -0.1) is 0 Å². The molecule has 0 aliphatic heterocycles. The lowest BCUT2D eigenvalue weighted by Gasteiger charge is -2.25. The van der Waals surface area contributed by atoms with Gasteiger partial charge in [-0.3, -0.25) is 4.79 Å². The third kappa shape index (κ3) is 3.64. The number of methoxy groups -OCH3 is 1. The number of benzene rings is 2. The van der Waals surface area contributed by atoms with E-state index in [1.165, 1.54) is 0 Å². The molecular formula is C20H21ClN2O2. The van der Waals surface area contributed by atoms with Crippen molar-refractivity contribution in [3.8, 4) is 5.75 Å². The fourth-order valence-electron chi connectivity index (χ4n) is 2.92. The average Bonchev–Trinajstić information content (AvgIpc) is 3.03. The number of carbonyl (C=O) groups excluding carboxylic acids is 1. The van der Waals surface area contributed by atoms with Crippen molar-refractivity contribution >= 4 is 28.4 Å². The van der Waals surface area contributed by atoms with Crippen molar-refractivity contribution in [2.45, 2.75) is 19.3 Å². The molecular weight excluding hydrogens is 336 g/mol. The second-order valence-electron chi connectivity index (χ2n) is 6.69. The first kappa shape index (κ1) is 17.4. The Morgan fingerprint density at radius 1 is 1.24 bits per heavy atom. The van der Waals surface area contributed by atoms with Gasteiger partial charge < -0.3 is 15.0 Å². The summed E-state index contributed by atoms with van der Waals surface area (Å²) in [6.07, 6.45) is 1.98. The molecule has 1 heterocycles. The Labute approximate surface area is 152 Å². The molecule has 0 atom stereocenters. The Morgan fingerprint density at radius 3 is 2.80 bits per heavy atom. The number of hydrogen-bond donors (Lipinski definition) is 2. The molecule has 5 heteroatoms. The lowest BCUT2D eigenvalue weighted by atomic mass is 9.84. The van der Waals surface area contributed by atoms with E-state index in [1.807, 2.05) is 36.5 Å². The van der Waals surface area contributed by atoms with Crippen molar-refractivity contribution in [2.24, 2.45) is 0 Å². The number of carbonyl (C=O) groups is 1. The van der Waals surface area contributed by atoms with E-state index < -0.39 is 0 Å². The van der Waals surface area contributed by atoms with Gasteiger partial charge >= 0.3 is 0 Å². The van der Waals surface area contributed by atoms with Gasteiger partial charge in [0.15, 0.2) is 0 Å². The van der Waals surface area contributed by atoms with Crippen LogP contribution < -0.4 is 10.1 Å². The van der Waals surface area contributed by atoms with Crippen molar-refractivity contribution < 1.29 is 9.53 Å². The zero-order valence-corrected chi connectivity index (χ0v) is 15.3. The maximum absolute atomic E-state index is 12.4. The summed E-state index contributed by atoms with van der Waals surface area (Å²) in [6, 6.07) is 12.9. The van der Waals surface area contributed by atoms with Crippen LogP contribution in [0.15, 0.2) is 48.7 Å². The van der Waals surface area contributed by atoms with E-state index in [9.17, 15) is 4.79 Å². The predicted octanol–water partition coefficient (Wildman–Crippen LogP) is 4.54. The summed E-state index contributed by atoms with van der Waals surface area (Å²) in [5.41, 5.74) is 2.49. The minimum absolute atomic E-state index is 0.116. The number of aromatic nitrogens is 1. The molecule has 0 saturated carbocycles. The van der Waals surface area contributed by atoms with Crippen LogP contribution in [0.4, 0.5) is 0 Å². The van der Waals surface area contributed by atoms with Crippen molar-refractivity contribution in [3.63, 3.8) is 0 Å². The van der Waals surface area contributed by atoms with E-state index in [4.69, 9.17) is 16.3 Å². The minimum Gasteiger partial charge on any atom is -0.497 e. The van der Waals surface area contributed by atoms with Crippen LogP contribution in [0.2, 0.25) is 5.02 Å². The van der Waals surface area contributed by atoms with Crippen LogP contribution in [0.1, 0.15) is 29.8 Å². The zero-order valence-electron chi connectivity index (χ0n) is 14.5. The normalized spacial score (nSPS) is 11.5.